The SMILES string of the molecule is COc1ccc(OC)c(N(CC(=O)N/N=C(/C)C(C)(C)C)S(=O)(=O)c2ccc(C)cc2)c1. The molecule has 32 heavy (non-hydrogen) atoms. The summed E-state index contributed by atoms with van der Waals surface area (Å²) in [6, 6.07) is 11.2. The number of hydrogen-bond donors (Lipinski definition) is 1. The molecule has 0 radical (unpaired) electrons. The van der Waals surface area contributed by atoms with Gasteiger partial charge in [-0.25, -0.2) is 13.8 Å². The van der Waals surface area contributed by atoms with E-state index >= 15 is 0 Å². The summed E-state index contributed by atoms with van der Waals surface area (Å²) in [5.41, 5.74) is 4.02. The Morgan fingerprint density at radius 3 is 2.22 bits per heavy atom. The zero-order chi connectivity index (χ0) is 24.1. The van der Waals surface area contributed by atoms with Gasteiger partial charge in [-0.1, -0.05) is 38.5 Å². The molecule has 174 valence electrons. The van der Waals surface area contributed by atoms with Crippen molar-refractivity contribution in [2.24, 2.45) is 10.5 Å². The van der Waals surface area contributed by atoms with Gasteiger partial charge in [-0.3, -0.25) is 9.10 Å². The van der Waals surface area contributed by atoms with Crippen LogP contribution in [0.4, 0.5) is 5.69 Å². The van der Waals surface area contributed by atoms with Crippen LogP contribution in [0.3, 0.4) is 0 Å². The summed E-state index contributed by atoms with van der Waals surface area (Å²) in [4.78, 5) is 12.8. The normalized spacial score (nSPS) is 12.3. The van der Waals surface area contributed by atoms with Crippen LogP contribution in [0, 0.1) is 12.3 Å². The number of hydrogen-bond acceptors (Lipinski definition) is 6. The minimum atomic E-state index is -4.10. The number of methoxy groups -OCH3 is 2. The van der Waals surface area contributed by atoms with Crippen molar-refractivity contribution >= 4 is 27.3 Å². The Bertz CT molecular complexity index is 1090. The average Bonchev–Trinajstić information content (AvgIpc) is 2.74. The van der Waals surface area contributed by atoms with E-state index in [2.05, 4.69) is 10.5 Å². The van der Waals surface area contributed by atoms with Gasteiger partial charge in [0.2, 0.25) is 0 Å². The van der Waals surface area contributed by atoms with Crippen molar-refractivity contribution in [1.82, 2.24) is 5.43 Å². The number of hydrazone groups is 1. The van der Waals surface area contributed by atoms with E-state index in [-0.39, 0.29) is 21.7 Å². The van der Waals surface area contributed by atoms with E-state index in [1.165, 1.54) is 32.4 Å². The molecule has 0 unspecified atom stereocenters. The number of sulfonamides is 1. The lowest BCUT2D eigenvalue weighted by molar-refractivity contribution is -0.119. The first-order valence-corrected chi connectivity index (χ1v) is 11.5. The predicted molar refractivity (Wildman–Crippen MR) is 126 cm³/mol. The summed E-state index contributed by atoms with van der Waals surface area (Å²) in [6.45, 7) is 9.06. The van der Waals surface area contributed by atoms with E-state index in [9.17, 15) is 13.2 Å². The minimum Gasteiger partial charge on any atom is -0.497 e. The van der Waals surface area contributed by atoms with Gasteiger partial charge in [0, 0.05) is 17.2 Å². The number of anilines is 1. The monoisotopic (exact) mass is 461 g/mol. The van der Waals surface area contributed by atoms with Crippen LogP contribution < -0.4 is 19.2 Å². The Morgan fingerprint density at radius 1 is 1.06 bits per heavy atom. The number of carbonyl (C=O) groups excluding carboxylic acids is 1. The quantitative estimate of drug-likeness (QED) is 0.477. The molecule has 2 rings (SSSR count). The maximum Gasteiger partial charge on any atom is 0.264 e. The highest BCUT2D eigenvalue weighted by atomic mass is 32.2. The van der Waals surface area contributed by atoms with E-state index in [4.69, 9.17) is 9.47 Å². The smallest absolute Gasteiger partial charge is 0.264 e. The molecule has 0 aliphatic carbocycles. The maximum atomic E-state index is 13.6. The fraction of sp³-hybridized carbons (Fsp3) is 0.391. The molecule has 0 saturated heterocycles. The molecule has 0 aliphatic rings. The largest absolute Gasteiger partial charge is 0.497 e. The number of ether oxygens (including phenoxy) is 2. The second kappa shape index (κ2) is 10.0. The van der Waals surface area contributed by atoms with Crippen LogP contribution in [0.15, 0.2) is 52.5 Å². The van der Waals surface area contributed by atoms with Crippen LogP contribution in [-0.2, 0) is 14.8 Å². The van der Waals surface area contributed by atoms with Gasteiger partial charge in [-0.05, 0) is 38.1 Å². The topological polar surface area (TPSA) is 97.3 Å². The average molecular weight is 462 g/mol. The van der Waals surface area contributed by atoms with Crippen molar-refractivity contribution in [2.75, 3.05) is 25.1 Å². The second-order valence-corrected chi connectivity index (χ2v) is 10.2. The van der Waals surface area contributed by atoms with Gasteiger partial charge in [0.05, 0.1) is 24.8 Å². The molecule has 0 aromatic heterocycles. The number of rotatable bonds is 8. The van der Waals surface area contributed by atoms with Crippen LogP contribution in [-0.4, -0.2) is 40.8 Å². The third-order valence-electron chi connectivity index (χ3n) is 4.98. The first kappa shape index (κ1) is 25.2. The molecule has 0 fully saturated rings. The number of nitrogens with one attached hydrogen (secondary N) is 1. The van der Waals surface area contributed by atoms with Crippen LogP contribution >= 0.6 is 0 Å². The van der Waals surface area contributed by atoms with Gasteiger partial charge in [0.25, 0.3) is 15.9 Å². The number of amides is 1. The van der Waals surface area contributed by atoms with Crippen molar-refractivity contribution in [3.63, 3.8) is 0 Å². The predicted octanol–water partition coefficient (Wildman–Crippen LogP) is 3.75. The van der Waals surface area contributed by atoms with Crippen LogP contribution in [0.2, 0.25) is 0 Å². The van der Waals surface area contributed by atoms with E-state index in [0.29, 0.717) is 11.5 Å². The molecule has 2 aromatic rings. The molecule has 0 atom stereocenters. The number of aryl methyl sites for hydroxylation is 1. The van der Waals surface area contributed by atoms with Gasteiger partial charge in [0.1, 0.15) is 18.0 Å². The summed E-state index contributed by atoms with van der Waals surface area (Å²) in [5.74, 6) is 0.115. The lowest BCUT2D eigenvalue weighted by Crippen LogP contribution is -2.40. The molecule has 0 spiro atoms. The van der Waals surface area contributed by atoms with Gasteiger partial charge in [-0.15, -0.1) is 0 Å². The lowest BCUT2D eigenvalue weighted by atomic mass is 9.91. The molecule has 0 saturated carbocycles. The fourth-order valence-corrected chi connectivity index (χ4v) is 4.03. The molecule has 0 bridgehead atoms. The maximum absolute atomic E-state index is 13.6. The van der Waals surface area contributed by atoms with Gasteiger partial charge < -0.3 is 9.47 Å². The molecule has 1 N–H and O–H groups in total. The molecular formula is C23H31N3O5S. The zero-order valence-corrected chi connectivity index (χ0v) is 20.4. The standard InChI is InChI=1S/C23H31N3O5S/c1-16-8-11-19(12-9-16)32(28,29)26(15-22(27)25-24-17(2)23(3,4)5)20-14-18(30-6)10-13-21(20)31-7/h8-14H,15H2,1-7H3,(H,25,27)/b24-17-. The molecule has 1 amide bonds. The molecule has 9 heteroatoms. The fourth-order valence-electron chi connectivity index (χ4n) is 2.61. The van der Waals surface area contributed by atoms with Crippen molar-refractivity contribution in [3.8, 4) is 11.5 Å². The first-order valence-electron chi connectivity index (χ1n) is 10.0. The second-order valence-electron chi connectivity index (χ2n) is 8.34. The van der Waals surface area contributed by atoms with Gasteiger partial charge in [0.15, 0.2) is 0 Å². The molecule has 2 aromatic carbocycles. The highest BCUT2D eigenvalue weighted by Crippen LogP contribution is 2.35. The van der Waals surface area contributed by atoms with Crippen molar-refractivity contribution in [2.45, 2.75) is 39.5 Å². The highest BCUT2D eigenvalue weighted by molar-refractivity contribution is 7.92. The van der Waals surface area contributed by atoms with Crippen molar-refractivity contribution in [3.05, 3.63) is 48.0 Å². The van der Waals surface area contributed by atoms with E-state index in [0.717, 1.165) is 9.87 Å². The summed E-state index contributed by atoms with van der Waals surface area (Å²) >= 11 is 0. The Kier molecular flexibility index (Phi) is 7.90. The molecule has 0 heterocycles. The van der Waals surface area contributed by atoms with Crippen molar-refractivity contribution < 1.29 is 22.7 Å². The number of benzene rings is 2. The zero-order valence-electron chi connectivity index (χ0n) is 19.6. The highest BCUT2D eigenvalue weighted by Gasteiger charge is 2.30. The summed E-state index contributed by atoms with van der Waals surface area (Å²) < 4.78 is 38.8. The summed E-state index contributed by atoms with van der Waals surface area (Å²) in [5, 5.41) is 4.12. The minimum absolute atomic E-state index is 0.0511. The third-order valence-corrected chi connectivity index (χ3v) is 6.76. The molecule has 8 nitrogen and oxygen atoms in total. The molecule has 0 aliphatic heterocycles. The van der Waals surface area contributed by atoms with Crippen molar-refractivity contribution in [1.29, 1.82) is 0 Å². The van der Waals surface area contributed by atoms with Gasteiger partial charge >= 0.3 is 0 Å². The Hall–Kier alpha value is -3.07. The Morgan fingerprint density at radius 2 is 1.69 bits per heavy atom. The number of nitrogens with zero attached hydrogens (tertiary/aromatic N) is 2. The summed E-state index contributed by atoms with van der Waals surface area (Å²) in [6.07, 6.45) is 0. The van der Waals surface area contributed by atoms with E-state index in [1.807, 2.05) is 27.7 Å². The van der Waals surface area contributed by atoms with Crippen LogP contribution in [0.1, 0.15) is 33.3 Å². The summed E-state index contributed by atoms with van der Waals surface area (Å²) in [7, 11) is -1.20. The lowest BCUT2D eigenvalue weighted by Gasteiger charge is -2.26. The Balaban J connectivity index is 2.53. The van der Waals surface area contributed by atoms with E-state index < -0.39 is 22.5 Å². The first-order chi connectivity index (χ1) is 14.9. The van der Waals surface area contributed by atoms with Crippen LogP contribution in [0.25, 0.3) is 0 Å². The van der Waals surface area contributed by atoms with Crippen LogP contribution in [0.5, 0.6) is 11.5 Å². The number of carbonyl (C=O) groups is 1. The molecular weight excluding hydrogens is 430 g/mol. The van der Waals surface area contributed by atoms with Gasteiger partial charge in [-0.2, -0.15) is 5.10 Å². The third kappa shape index (κ3) is 6.00. The van der Waals surface area contributed by atoms with E-state index in [1.54, 1.807) is 31.2 Å². The Labute approximate surface area is 190 Å².